The Morgan fingerprint density at radius 3 is 2.39 bits per heavy atom. The second-order valence-electron chi connectivity index (χ2n) is 5.04. The van der Waals surface area contributed by atoms with Gasteiger partial charge in [-0.15, -0.1) is 0 Å². The highest BCUT2D eigenvalue weighted by Crippen LogP contribution is 2.17. The Balaban J connectivity index is 1.95. The van der Waals surface area contributed by atoms with Crippen molar-refractivity contribution >= 4 is 0 Å². The van der Waals surface area contributed by atoms with Crippen LogP contribution < -0.4 is 10.5 Å². The third-order valence-corrected chi connectivity index (χ3v) is 3.81. The van der Waals surface area contributed by atoms with E-state index in [1.807, 2.05) is 12.1 Å². The number of nitrogens with two attached hydrogens (primary N) is 1. The van der Waals surface area contributed by atoms with Crippen LogP contribution in [0.2, 0.25) is 0 Å². The molecule has 18 heavy (non-hydrogen) atoms. The molecule has 1 unspecified atom stereocenters. The van der Waals surface area contributed by atoms with Crippen molar-refractivity contribution in [1.29, 1.82) is 0 Å². The molecule has 1 saturated heterocycles. The van der Waals surface area contributed by atoms with Gasteiger partial charge in [0, 0.05) is 12.6 Å². The summed E-state index contributed by atoms with van der Waals surface area (Å²) in [5, 5.41) is 0. The first-order chi connectivity index (χ1) is 8.83. The van der Waals surface area contributed by atoms with Gasteiger partial charge in [-0.05, 0) is 50.0 Å². The van der Waals surface area contributed by atoms with Crippen LogP contribution in [0, 0.1) is 0 Å². The molecule has 1 atom stereocenters. The number of piperidine rings is 1. The average Bonchev–Trinajstić information content (AvgIpc) is 2.46. The number of ether oxygens (including phenoxy) is 1. The molecule has 100 valence electrons. The fourth-order valence-electron chi connectivity index (χ4n) is 2.68. The predicted molar refractivity (Wildman–Crippen MR) is 75.0 cm³/mol. The first kappa shape index (κ1) is 13.4. The average molecular weight is 248 g/mol. The van der Waals surface area contributed by atoms with E-state index in [2.05, 4.69) is 17.0 Å². The molecule has 1 aromatic rings. The minimum Gasteiger partial charge on any atom is -0.497 e. The van der Waals surface area contributed by atoms with Crippen molar-refractivity contribution in [2.24, 2.45) is 5.73 Å². The van der Waals surface area contributed by atoms with Crippen molar-refractivity contribution in [1.82, 2.24) is 4.90 Å². The van der Waals surface area contributed by atoms with Gasteiger partial charge in [-0.2, -0.15) is 0 Å². The molecular formula is C15H24N2O. The Morgan fingerprint density at radius 1 is 1.17 bits per heavy atom. The molecule has 3 nitrogen and oxygen atoms in total. The topological polar surface area (TPSA) is 38.5 Å². The summed E-state index contributed by atoms with van der Waals surface area (Å²) in [4.78, 5) is 2.55. The first-order valence-corrected chi connectivity index (χ1v) is 6.90. The quantitative estimate of drug-likeness (QED) is 0.866. The summed E-state index contributed by atoms with van der Waals surface area (Å²) in [6.45, 7) is 3.15. The van der Waals surface area contributed by atoms with Gasteiger partial charge in [0.15, 0.2) is 0 Å². The molecule has 1 aromatic carbocycles. The summed E-state index contributed by atoms with van der Waals surface area (Å²) < 4.78 is 5.18. The molecule has 0 saturated carbocycles. The number of hydrogen-bond donors (Lipinski definition) is 1. The van der Waals surface area contributed by atoms with Crippen LogP contribution in [0.3, 0.4) is 0 Å². The highest BCUT2D eigenvalue weighted by Gasteiger charge is 2.19. The van der Waals surface area contributed by atoms with Gasteiger partial charge in [0.25, 0.3) is 0 Å². The number of nitrogens with zero attached hydrogens (tertiary/aromatic N) is 1. The molecule has 0 bridgehead atoms. The molecule has 0 radical (unpaired) electrons. The van der Waals surface area contributed by atoms with Crippen molar-refractivity contribution in [2.45, 2.75) is 31.7 Å². The number of methoxy groups -OCH3 is 1. The first-order valence-electron chi connectivity index (χ1n) is 6.90. The van der Waals surface area contributed by atoms with E-state index in [9.17, 15) is 0 Å². The van der Waals surface area contributed by atoms with Crippen molar-refractivity contribution in [3.8, 4) is 5.75 Å². The molecule has 2 N–H and O–H groups in total. The van der Waals surface area contributed by atoms with Gasteiger partial charge in [0.05, 0.1) is 7.11 Å². The van der Waals surface area contributed by atoms with Crippen LogP contribution in [0.25, 0.3) is 0 Å². The lowest BCUT2D eigenvalue weighted by Gasteiger charge is -2.34. The van der Waals surface area contributed by atoms with E-state index in [1.165, 1.54) is 37.9 Å². The molecule has 0 spiro atoms. The third-order valence-electron chi connectivity index (χ3n) is 3.81. The Hall–Kier alpha value is -1.06. The summed E-state index contributed by atoms with van der Waals surface area (Å²) >= 11 is 0. The molecule has 1 fully saturated rings. The fourth-order valence-corrected chi connectivity index (χ4v) is 2.68. The molecule has 1 heterocycles. The number of rotatable bonds is 5. The van der Waals surface area contributed by atoms with Crippen molar-refractivity contribution in [2.75, 3.05) is 26.7 Å². The number of likely N-dealkylation sites (tertiary alicyclic amines) is 1. The summed E-state index contributed by atoms with van der Waals surface area (Å²) in [6.07, 6.45) is 5.05. The molecule has 0 aliphatic carbocycles. The van der Waals surface area contributed by atoms with Gasteiger partial charge in [0.1, 0.15) is 5.75 Å². The smallest absolute Gasteiger partial charge is 0.118 e. The van der Waals surface area contributed by atoms with Crippen molar-refractivity contribution < 1.29 is 4.74 Å². The van der Waals surface area contributed by atoms with E-state index in [0.717, 1.165) is 18.7 Å². The molecular weight excluding hydrogens is 224 g/mol. The van der Waals surface area contributed by atoms with E-state index >= 15 is 0 Å². The summed E-state index contributed by atoms with van der Waals surface area (Å²) in [6, 6.07) is 8.83. The maximum Gasteiger partial charge on any atom is 0.118 e. The minimum atomic E-state index is 0.485. The number of benzene rings is 1. The molecule has 0 amide bonds. The SMILES string of the molecule is COc1ccc(CC(CN)N2CCCCC2)cc1. The van der Waals surface area contributed by atoms with E-state index in [4.69, 9.17) is 10.5 Å². The normalized spacial score (nSPS) is 18.6. The summed E-state index contributed by atoms with van der Waals surface area (Å²) in [5.74, 6) is 0.918. The van der Waals surface area contributed by atoms with Crippen LogP contribution in [-0.2, 0) is 6.42 Å². The highest BCUT2D eigenvalue weighted by molar-refractivity contribution is 5.27. The second-order valence-corrected chi connectivity index (χ2v) is 5.04. The maximum absolute atomic E-state index is 5.94. The Labute approximate surface area is 110 Å². The second kappa shape index (κ2) is 6.76. The summed E-state index contributed by atoms with van der Waals surface area (Å²) in [7, 11) is 1.70. The van der Waals surface area contributed by atoms with Gasteiger partial charge < -0.3 is 10.5 Å². The Morgan fingerprint density at radius 2 is 1.83 bits per heavy atom. The van der Waals surface area contributed by atoms with Crippen LogP contribution in [0.15, 0.2) is 24.3 Å². The van der Waals surface area contributed by atoms with Gasteiger partial charge in [-0.3, -0.25) is 4.90 Å². The zero-order valence-corrected chi connectivity index (χ0v) is 11.3. The Kier molecular flexibility index (Phi) is 5.02. The van der Waals surface area contributed by atoms with E-state index in [1.54, 1.807) is 7.11 Å². The van der Waals surface area contributed by atoms with Crippen LogP contribution in [0.1, 0.15) is 24.8 Å². The van der Waals surface area contributed by atoms with Crippen LogP contribution in [0.5, 0.6) is 5.75 Å². The molecule has 0 aromatic heterocycles. The van der Waals surface area contributed by atoms with Crippen molar-refractivity contribution in [3.63, 3.8) is 0 Å². The zero-order chi connectivity index (χ0) is 12.8. The van der Waals surface area contributed by atoms with Gasteiger partial charge in [-0.25, -0.2) is 0 Å². The lowest BCUT2D eigenvalue weighted by Crippen LogP contribution is -2.44. The van der Waals surface area contributed by atoms with Gasteiger partial charge in [-0.1, -0.05) is 18.6 Å². The standard InChI is InChI=1S/C15H24N2O/c1-18-15-7-5-13(6-8-15)11-14(12-16)17-9-3-2-4-10-17/h5-8,14H,2-4,9-12,16H2,1H3. The summed E-state index contributed by atoms with van der Waals surface area (Å²) in [5.41, 5.74) is 7.29. The third kappa shape index (κ3) is 3.47. The van der Waals surface area contributed by atoms with Gasteiger partial charge in [0.2, 0.25) is 0 Å². The minimum absolute atomic E-state index is 0.485. The molecule has 3 heteroatoms. The maximum atomic E-state index is 5.94. The highest BCUT2D eigenvalue weighted by atomic mass is 16.5. The molecule has 2 rings (SSSR count). The van der Waals surface area contributed by atoms with E-state index in [0.29, 0.717) is 6.04 Å². The van der Waals surface area contributed by atoms with Gasteiger partial charge >= 0.3 is 0 Å². The predicted octanol–water partition coefficient (Wildman–Crippen LogP) is 2.05. The molecule has 1 aliphatic rings. The molecule has 1 aliphatic heterocycles. The largest absolute Gasteiger partial charge is 0.497 e. The zero-order valence-electron chi connectivity index (χ0n) is 11.3. The Bertz CT molecular complexity index is 344. The van der Waals surface area contributed by atoms with Crippen LogP contribution in [0.4, 0.5) is 0 Å². The number of hydrogen-bond acceptors (Lipinski definition) is 3. The van der Waals surface area contributed by atoms with Crippen LogP contribution >= 0.6 is 0 Å². The van der Waals surface area contributed by atoms with Crippen LogP contribution in [-0.4, -0.2) is 37.7 Å². The lowest BCUT2D eigenvalue weighted by molar-refractivity contribution is 0.166. The monoisotopic (exact) mass is 248 g/mol. The van der Waals surface area contributed by atoms with E-state index < -0.39 is 0 Å². The van der Waals surface area contributed by atoms with E-state index in [-0.39, 0.29) is 0 Å². The van der Waals surface area contributed by atoms with Crippen molar-refractivity contribution in [3.05, 3.63) is 29.8 Å². The fraction of sp³-hybridized carbons (Fsp3) is 0.600. The lowest BCUT2D eigenvalue weighted by atomic mass is 10.0.